The lowest BCUT2D eigenvalue weighted by atomic mass is 10.1. The van der Waals surface area contributed by atoms with E-state index in [1.54, 1.807) is 27.7 Å². The van der Waals surface area contributed by atoms with E-state index < -0.39 is 16.9 Å². The standard InChI is InChI=1S/C15H22N2O6S/c1-10(16-7-18)13-17(8-19)12(14(21)23-15(2,3)4)11(6-24-13)5-22-9-20/h7-10,13H,5-6H2,1-4H3,(H,16,18). The predicted molar refractivity (Wildman–Crippen MR) is 87.7 cm³/mol. The van der Waals surface area contributed by atoms with Gasteiger partial charge in [-0.3, -0.25) is 19.3 Å². The Morgan fingerprint density at radius 3 is 2.58 bits per heavy atom. The van der Waals surface area contributed by atoms with Gasteiger partial charge in [0.05, 0.1) is 6.04 Å². The van der Waals surface area contributed by atoms with E-state index in [-0.39, 0.29) is 24.8 Å². The first-order valence-corrected chi connectivity index (χ1v) is 8.35. The maximum absolute atomic E-state index is 12.6. The second-order valence-corrected chi connectivity index (χ2v) is 7.25. The average Bonchev–Trinajstić information content (AvgIpc) is 2.50. The summed E-state index contributed by atoms with van der Waals surface area (Å²) in [7, 11) is 0. The van der Waals surface area contributed by atoms with Gasteiger partial charge in [0.2, 0.25) is 12.8 Å². The first-order valence-electron chi connectivity index (χ1n) is 7.30. The minimum Gasteiger partial charge on any atom is -0.463 e. The van der Waals surface area contributed by atoms with Crippen LogP contribution in [0.3, 0.4) is 0 Å². The van der Waals surface area contributed by atoms with Gasteiger partial charge >= 0.3 is 5.97 Å². The molecule has 0 saturated carbocycles. The number of nitrogens with zero attached hydrogens (tertiary/aromatic N) is 1. The minimum absolute atomic E-state index is 0.0464. The summed E-state index contributed by atoms with van der Waals surface area (Å²) in [6.45, 7) is 7.02. The summed E-state index contributed by atoms with van der Waals surface area (Å²) in [6, 6.07) is -0.385. The molecule has 0 radical (unpaired) electrons. The van der Waals surface area contributed by atoms with Crippen LogP contribution in [0.5, 0.6) is 0 Å². The second-order valence-electron chi connectivity index (χ2n) is 6.15. The maximum atomic E-state index is 12.6. The minimum atomic E-state index is -0.748. The fourth-order valence-electron chi connectivity index (χ4n) is 2.15. The van der Waals surface area contributed by atoms with Crippen molar-refractivity contribution in [2.24, 2.45) is 0 Å². The highest BCUT2D eigenvalue weighted by atomic mass is 32.2. The van der Waals surface area contributed by atoms with Gasteiger partial charge in [0.1, 0.15) is 23.3 Å². The number of nitrogens with one attached hydrogen (secondary N) is 1. The molecule has 0 saturated heterocycles. The molecule has 1 rings (SSSR count). The highest BCUT2D eigenvalue weighted by molar-refractivity contribution is 8.00. The van der Waals surface area contributed by atoms with E-state index in [1.165, 1.54) is 16.7 Å². The Bertz CT molecular complexity index is 529. The Morgan fingerprint density at radius 1 is 1.42 bits per heavy atom. The molecule has 0 aromatic heterocycles. The zero-order chi connectivity index (χ0) is 18.3. The van der Waals surface area contributed by atoms with Crippen molar-refractivity contribution in [3.8, 4) is 0 Å². The lowest BCUT2D eigenvalue weighted by Crippen LogP contribution is -2.50. The number of hydrogen-bond acceptors (Lipinski definition) is 7. The Labute approximate surface area is 144 Å². The van der Waals surface area contributed by atoms with Crippen LogP contribution in [0.15, 0.2) is 11.3 Å². The first-order chi connectivity index (χ1) is 11.2. The Morgan fingerprint density at radius 2 is 2.08 bits per heavy atom. The van der Waals surface area contributed by atoms with Crippen molar-refractivity contribution in [3.63, 3.8) is 0 Å². The molecule has 8 nitrogen and oxygen atoms in total. The molecule has 0 aliphatic carbocycles. The van der Waals surface area contributed by atoms with Crippen LogP contribution >= 0.6 is 11.8 Å². The third kappa shape index (κ3) is 5.26. The van der Waals surface area contributed by atoms with Crippen LogP contribution in [-0.4, -0.2) is 59.5 Å². The van der Waals surface area contributed by atoms with Crippen molar-refractivity contribution >= 4 is 37.0 Å². The van der Waals surface area contributed by atoms with Gasteiger partial charge in [-0.15, -0.1) is 11.8 Å². The fraction of sp³-hybridized carbons (Fsp3) is 0.600. The molecular weight excluding hydrogens is 336 g/mol. The van der Waals surface area contributed by atoms with Gasteiger partial charge < -0.3 is 14.8 Å². The molecule has 134 valence electrons. The van der Waals surface area contributed by atoms with Crippen molar-refractivity contribution in [2.75, 3.05) is 12.4 Å². The molecule has 0 spiro atoms. The van der Waals surface area contributed by atoms with Crippen LogP contribution in [0.25, 0.3) is 0 Å². The largest absolute Gasteiger partial charge is 0.463 e. The smallest absolute Gasteiger partial charge is 0.355 e. The Hall–Kier alpha value is -2.03. The van der Waals surface area contributed by atoms with E-state index in [2.05, 4.69) is 5.32 Å². The summed E-state index contributed by atoms with van der Waals surface area (Å²) >= 11 is 1.35. The van der Waals surface area contributed by atoms with Crippen LogP contribution in [0.1, 0.15) is 27.7 Å². The topological polar surface area (TPSA) is 102 Å². The molecule has 2 amide bonds. The number of carbonyl (C=O) groups excluding carboxylic acids is 4. The number of carbonyl (C=O) groups is 4. The van der Waals surface area contributed by atoms with Gasteiger partial charge in [-0.05, 0) is 27.7 Å². The zero-order valence-electron chi connectivity index (χ0n) is 14.1. The molecule has 1 aliphatic heterocycles. The highest BCUT2D eigenvalue weighted by Gasteiger charge is 2.37. The summed E-state index contributed by atoms with van der Waals surface area (Å²) in [5.41, 5.74) is -0.227. The first kappa shape index (κ1) is 20.0. The van der Waals surface area contributed by atoms with Crippen molar-refractivity contribution in [1.29, 1.82) is 0 Å². The molecule has 24 heavy (non-hydrogen) atoms. The SMILES string of the molecule is CC(NC=O)C1SCC(COC=O)=C(C(=O)OC(C)(C)C)N1C=O. The monoisotopic (exact) mass is 358 g/mol. The van der Waals surface area contributed by atoms with Crippen LogP contribution in [0.4, 0.5) is 0 Å². The zero-order valence-corrected chi connectivity index (χ0v) is 14.9. The van der Waals surface area contributed by atoms with Crippen LogP contribution in [0.2, 0.25) is 0 Å². The molecule has 0 fully saturated rings. The van der Waals surface area contributed by atoms with Crippen molar-refractivity contribution < 1.29 is 28.7 Å². The molecule has 1 N–H and O–H groups in total. The van der Waals surface area contributed by atoms with Crippen LogP contribution in [-0.2, 0) is 28.7 Å². The summed E-state index contributed by atoms with van der Waals surface area (Å²) in [4.78, 5) is 46.5. The lowest BCUT2D eigenvalue weighted by Gasteiger charge is -2.38. The van der Waals surface area contributed by atoms with E-state index in [0.29, 0.717) is 24.1 Å². The van der Waals surface area contributed by atoms with Gasteiger partial charge in [-0.2, -0.15) is 0 Å². The van der Waals surface area contributed by atoms with E-state index in [4.69, 9.17) is 9.47 Å². The maximum Gasteiger partial charge on any atom is 0.355 e. The van der Waals surface area contributed by atoms with Crippen LogP contribution < -0.4 is 5.32 Å². The van der Waals surface area contributed by atoms with E-state index in [9.17, 15) is 19.2 Å². The van der Waals surface area contributed by atoms with Gasteiger partial charge in [0, 0.05) is 11.3 Å². The molecule has 0 aromatic carbocycles. The number of amides is 2. The normalized spacial score (nSPS) is 19.3. The van der Waals surface area contributed by atoms with E-state index in [1.807, 2.05) is 0 Å². The van der Waals surface area contributed by atoms with Gasteiger partial charge in [0.25, 0.3) is 6.47 Å². The molecular formula is C15H22N2O6S. The summed E-state index contributed by atoms with van der Waals surface area (Å²) in [5, 5.41) is 2.10. The Kier molecular flexibility index (Phi) is 7.27. The fourth-order valence-corrected chi connectivity index (χ4v) is 3.43. The summed E-state index contributed by atoms with van der Waals surface area (Å²) in [5.74, 6) is -0.315. The molecule has 1 aliphatic rings. The average molecular weight is 358 g/mol. The molecule has 9 heteroatoms. The molecule has 0 aromatic rings. The number of ether oxygens (including phenoxy) is 2. The number of thioether (sulfide) groups is 1. The van der Waals surface area contributed by atoms with Crippen molar-refractivity contribution in [3.05, 3.63) is 11.3 Å². The van der Waals surface area contributed by atoms with Gasteiger partial charge in [-0.1, -0.05) is 0 Å². The third-order valence-electron chi connectivity index (χ3n) is 3.09. The highest BCUT2D eigenvalue weighted by Crippen LogP contribution is 2.33. The summed E-state index contributed by atoms with van der Waals surface area (Å²) < 4.78 is 10.1. The van der Waals surface area contributed by atoms with E-state index >= 15 is 0 Å². The van der Waals surface area contributed by atoms with Crippen molar-refractivity contribution in [1.82, 2.24) is 10.2 Å². The van der Waals surface area contributed by atoms with Crippen LogP contribution in [0, 0.1) is 0 Å². The van der Waals surface area contributed by atoms with Gasteiger partial charge in [0.15, 0.2) is 0 Å². The Balaban J connectivity index is 3.22. The molecule has 2 atom stereocenters. The molecule has 2 unspecified atom stereocenters. The number of hydrogen-bond donors (Lipinski definition) is 1. The lowest BCUT2D eigenvalue weighted by molar-refractivity contribution is -0.153. The summed E-state index contributed by atoms with van der Waals surface area (Å²) in [6.07, 6.45) is 1.05. The molecule has 0 bridgehead atoms. The van der Waals surface area contributed by atoms with Crippen molar-refractivity contribution in [2.45, 2.75) is 44.7 Å². The number of rotatable bonds is 8. The molecule has 1 heterocycles. The third-order valence-corrected chi connectivity index (χ3v) is 4.58. The number of esters is 1. The van der Waals surface area contributed by atoms with E-state index in [0.717, 1.165) is 0 Å². The predicted octanol–water partition coefficient (Wildman–Crippen LogP) is 0.421. The quantitative estimate of drug-likeness (QED) is 0.495. The van der Waals surface area contributed by atoms with Gasteiger partial charge in [-0.25, -0.2) is 4.79 Å². The second kappa shape index (κ2) is 8.72.